The molecule has 5 N–H and O–H groups in total. The molecule has 2 bridgehead atoms. The number of rotatable bonds is 5. The third kappa shape index (κ3) is 4.47. The van der Waals surface area contributed by atoms with Gasteiger partial charge in [0.2, 0.25) is 5.75 Å². The lowest BCUT2D eigenvalue weighted by Gasteiger charge is -2.35. The first-order chi connectivity index (χ1) is 21.2. The summed E-state index contributed by atoms with van der Waals surface area (Å²) in [7, 11) is 0. The molecule has 1 saturated carbocycles. The average Bonchev–Trinajstić information content (AvgIpc) is 3.14. The van der Waals surface area contributed by atoms with Crippen LogP contribution in [0.15, 0.2) is 58.2 Å². The summed E-state index contributed by atoms with van der Waals surface area (Å²) in [5, 5.41) is 37.2. The Bertz CT molecular complexity index is 1840. The fourth-order valence-electron chi connectivity index (χ4n) is 7.04. The van der Waals surface area contributed by atoms with Crippen molar-refractivity contribution in [3.05, 3.63) is 75.4 Å². The van der Waals surface area contributed by atoms with Gasteiger partial charge in [-0.25, -0.2) is 0 Å². The van der Waals surface area contributed by atoms with Crippen molar-refractivity contribution in [2.24, 2.45) is 10.8 Å². The van der Waals surface area contributed by atoms with Crippen LogP contribution in [0.4, 0.5) is 5.69 Å². The molecular weight excluding hydrogens is 596 g/mol. The third-order valence-electron chi connectivity index (χ3n) is 10.3. The molecule has 234 valence electrons. The van der Waals surface area contributed by atoms with E-state index in [1.165, 1.54) is 23.9 Å². The number of aryl methyl sites for hydroxylation is 1. The molecule has 0 radical (unpaired) electrons. The Hall–Kier alpha value is -4.51. The zero-order valence-corrected chi connectivity index (χ0v) is 26.1. The van der Waals surface area contributed by atoms with E-state index in [-0.39, 0.29) is 17.0 Å². The lowest BCUT2D eigenvalue weighted by molar-refractivity contribution is -0.165. The van der Waals surface area contributed by atoms with E-state index in [1.54, 1.807) is 42.7 Å². The van der Waals surface area contributed by atoms with Crippen LogP contribution >= 0.6 is 11.8 Å². The number of ether oxygens (including phenoxy) is 1. The van der Waals surface area contributed by atoms with Crippen molar-refractivity contribution in [1.82, 2.24) is 5.32 Å². The predicted octanol–water partition coefficient (Wildman–Crippen LogP) is 5.03. The van der Waals surface area contributed by atoms with Crippen molar-refractivity contribution < 1.29 is 34.4 Å². The number of nitrogens with one attached hydrogen (secondary N) is 2. The second-order valence-corrected chi connectivity index (χ2v) is 13.5. The number of fused-ring (bicyclic) bond motifs is 5. The maximum absolute atomic E-state index is 13.5. The van der Waals surface area contributed by atoms with E-state index in [0.717, 1.165) is 0 Å². The highest BCUT2D eigenvalue weighted by Gasteiger charge is 2.75. The van der Waals surface area contributed by atoms with Crippen molar-refractivity contribution in [3.8, 4) is 28.4 Å². The van der Waals surface area contributed by atoms with Crippen LogP contribution in [0.25, 0.3) is 11.1 Å². The van der Waals surface area contributed by atoms with Crippen LogP contribution in [0.1, 0.15) is 67.6 Å². The highest BCUT2D eigenvalue weighted by Crippen LogP contribution is 2.65. The van der Waals surface area contributed by atoms with Crippen LogP contribution in [0.2, 0.25) is 0 Å². The number of benzene rings is 2. The van der Waals surface area contributed by atoms with Crippen molar-refractivity contribution in [3.63, 3.8) is 0 Å². The van der Waals surface area contributed by atoms with Crippen LogP contribution in [-0.4, -0.2) is 45.0 Å². The lowest BCUT2D eigenvalue weighted by Crippen LogP contribution is -2.50. The molecule has 45 heavy (non-hydrogen) atoms. The van der Waals surface area contributed by atoms with Crippen LogP contribution < -0.4 is 16.1 Å². The van der Waals surface area contributed by atoms with Gasteiger partial charge in [-0.2, -0.15) is 0 Å². The molecule has 11 heteroatoms. The zero-order chi connectivity index (χ0) is 32.5. The van der Waals surface area contributed by atoms with Gasteiger partial charge < -0.3 is 30.7 Å². The molecule has 1 aliphatic heterocycles. The van der Waals surface area contributed by atoms with Crippen molar-refractivity contribution >= 4 is 35.2 Å². The Morgan fingerprint density at radius 1 is 0.956 bits per heavy atom. The topological polar surface area (TPSA) is 162 Å². The summed E-state index contributed by atoms with van der Waals surface area (Å²) in [5.41, 5.74) is -0.437. The molecule has 2 amide bonds. The van der Waals surface area contributed by atoms with Gasteiger partial charge in [0.05, 0.1) is 16.4 Å². The summed E-state index contributed by atoms with van der Waals surface area (Å²) in [6.07, 6.45) is 3.44. The Labute approximate surface area is 263 Å². The van der Waals surface area contributed by atoms with Gasteiger partial charge in [-0.1, -0.05) is 19.9 Å². The summed E-state index contributed by atoms with van der Waals surface area (Å²) in [4.78, 5) is 53.1. The first-order valence-electron chi connectivity index (χ1n) is 14.7. The minimum atomic E-state index is -1.27. The van der Waals surface area contributed by atoms with Crippen molar-refractivity contribution in [2.75, 3.05) is 11.6 Å². The number of hydrogen-bond donors (Lipinski definition) is 5. The number of esters is 1. The molecule has 10 nitrogen and oxygen atoms in total. The van der Waals surface area contributed by atoms with Gasteiger partial charge in [-0.3, -0.25) is 19.2 Å². The Balaban J connectivity index is 1.26. The number of anilines is 1. The SMILES string of the molecule is CSc1ccc2c(cc1=O)[C@@H](NC(=O)c1ccc(NC(=O)[C@@]34CC[C@@](C)(C(=O)O3)C4(C)C)cc1)CCc1cc(O)c(O)c(O)c1-2. The number of amides is 2. The molecule has 3 aromatic rings. The maximum atomic E-state index is 13.5. The predicted molar refractivity (Wildman–Crippen MR) is 168 cm³/mol. The van der Waals surface area contributed by atoms with Crippen LogP contribution in [0.3, 0.4) is 0 Å². The average molecular weight is 631 g/mol. The Kier molecular flexibility index (Phi) is 7.15. The molecule has 3 atom stereocenters. The van der Waals surface area contributed by atoms with Gasteiger partial charge in [0.25, 0.3) is 11.8 Å². The van der Waals surface area contributed by atoms with E-state index >= 15 is 0 Å². The van der Waals surface area contributed by atoms with Crippen LogP contribution in [-0.2, 0) is 20.7 Å². The first-order valence-corrected chi connectivity index (χ1v) is 15.9. The molecule has 6 rings (SSSR count). The van der Waals surface area contributed by atoms with E-state index in [2.05, 4.69) is 10.6 Å². The van der Waals surface area contributed by atoms with Crippen LogP contribution in [0.5, 0.6) is 17.2 Å². The molecule has 2 aliphatic carbocycles. The fraction of sp³-hybridized carbons (Fsp3) is 0.353. The van der Waals surface area contributed by atoms with E-state index in [9.17, 15) is 34.5 Å². The normalized spacial score (nSPS) is 24.2. The summed E-state index contributed by atoms with van der Waals surface area (Å²) < 4.78 is 5.68. The first kappa shape index (κ1) is 30.5. The van der Waals surface area contributed by atoms with Crippen molar-refractivity contribution in [1.29, 1.82) is 0 Å². The molecule has 1 heterocycles. The van der Waals surface area contributed by atoms with Gasteiger partial charge in [0, 0.05) is 22.2 Å². The third-order valence-corrected chi connectivity index (χ3v) is 11.1. The standard InChI is InChI=1S/C34H34N2O8S/c1-32(2)33(3)13-14-34(32,44-31(33)43)30(42)35-19-8-5-17(6-9-19)29(41)36-22-11-7-18-15-24(38)27(39)28(40)26(18)20-10-12-25(45-4)23(37)16-21(20)22/h5-6,8-10,12,15-16,22,38-40H,7,11,13-14H2,1-4H3,(H,35,42)(H,36,41)/t22-,33-,34+/m0/s1. The summed E-state index contributed by atoms with van der Waals surface area (Å²) in [6, 6.07) is 11.8. The Morgan fingerprint density at radius 2 is 1.67 bits per heavy atom. The highest BCUT2D eigenvalue weighted by atomic mass is 32.2. The second-order valence-electron chi connectivity index (χ2n) is 12.7. The number of thioether (sulfide) groups is 1. The summed E-state index contributed by atoms with van der Waals surface area (Å²) >= 11 is 1.27. The lowest BCUT2D eigenvalue weighted by atomic mass is 9.66. The van der Waals surface area contributed by atoms with E-state index < -0.39 is 51.5 Å². The fourth-order valence-corrected chi connectivity index (χ4v) is 7.50. The largest absolute Gasteiger partial charge is 0.504 e. The molecule has 3 aromatic carbocycles. The zero-order valence-electron chi connectivity index (χ0n) is 25.3. The molecule has 0 spiro atoms. The summed E-state index contributed by atoms with van der Waals surface area (Å²) in [6.45, 7) is 5.60. The van der Waals surface area contributed by atoms with Gasteiger partial charge in [-0.15, -0.1) is 11.8 Å². The molecule has 3 aliphatic rings. The molecular formula is C34H34N2O8S. The number of carbonyl (C=O) groups is 3. The molecule has 1 saturated heterocycles. The molecule has 0 aromatic heterocycles. The monoisotopic (exact) mass is 630 g/mol. The number of phenolic OH excluding ortho intramolecular Hbond substituents is 3. The highest BCUT2D eigenvalue weighted by molar-refractivity contribution is 7.98. The number of aromatic hydroxyl groups is 3. The van der Waals surface area contributed by atoms with E-state index in [1.807, 2.05) is 20.8 Å². The van der Waals surface area contributed by atoms with Gasteiger partial charge in [0.15, 0.2) is 22.5 Å². The minimum absolute atomic E-state index is 0.257. The minimum Gasteiger partial charge on any atom is -0.504 e. The molecule has 0 unspecified atom stereocenters. The Morgan fingerprint density at radius 3 is 2.29 bits per heavy atom. The van der Waals surface area contributed by atoms with E-state index in [4.69, 9.17) is 4.74 Å². The van der Waals surface area contributed by atoms with E-state index in [0.29, 0.717) is 58.5 Å². The number of carbonyl (C=O) groups excluding carboxylic acids is 3. The summed E-state index contributed by atoms with van der Waals surface area (Å²) in [5.74, 6) is -2.82. The number of phenols is 3. The van der Waals surface area contributed by atoms with Crippen LogP contribution in [0, 0.1) is 10.8 Å². The smallest absolute Gasteiger partial charge is 0.313 e. The maximum Gasteiger partial charge on any atom is 0.313 e. The quantitative estimate of drug-likeness (QED) is 0.148. The number of hydrogen-bond acceptors (Lipinski definition) is 9. The van der Waals surface area contributed by atoms with Gasteiger partial charge in [-0.05, 0) is 98.0 Å². The van der Waals surface area contributed by atoms with Gasteiger partial charge in [0.1, 0.15) is 0 Å². The van der Waals surface area contributed by atoms with Crippen molar-refractivity contribution in [2.45, 2.75) is 63.0 Å². The van der Waals surface area contributed by atoms with Gasteiger partial charge >= 0.3 is 5.97 Å². The second kappa shape index (κ2) is 10.5. The molecule has 2 fully saturated rings.